The lowest BCUT2D eigenvalue weighted by molar-refractivity contribution is -0.123. The highest BCUT2D eigenvalue weighted by Gasteiger charge is 2.39. The minimum atomic E-state index is -0.716. The molecule has 11 heteroatoms. The fourth-order valence-corrected chi connectivity index (χ4v) is 6.78. The number of hydrogen-bond acceptors (Lipinski definition) is 6. The number of nitrogens with zero attached hydrogens (tertiary/aromatic N) is 3. The van der Waals surface area contributed by atoms with E-state index in [1.54, 1.807) is 16.8 Å². The predicted molar refractivity (Wildman–Crippen MR) is 155 cm³/mol. The first-order valence-corrected chi connectivity index (χ1v) is 14.7. The number of nitrogens with one attached hydrogen (secondary N) is 1. The number of aromatic nitrogens is 2. The lowest BCUT2D eigenvalue weighted by atomic mass is 10.0. The van der Waals surface area contributed by atoms with Gasteiger partial charge in [0.15, 0.2) is 0 Å². The molecule has 0 bridgehead atoms. The van der Waals surface area contributed by atoms with Crippen LogP contribution in [0.15, 0.2) is 82.8 Å². The molecule has 2 aromatic carbocycles. The average Bonchev–Trinajstić information content (AvgIpc) is 3.72. The van der Waals surface area contributed by atoms with Gasteiger partial charge in [0.05, 0.1) is 34.4 Å². The molecule has 1 N–H and O–H groups in total. The zero-order chi connectivity index (χ0) is 28.5. The van der Waals surface area contributed by atoms with Gasteiger partial charge in [-0.3, -0.25) is 14.5 Å². The lowest BCUT2D eigenvalue weighted by Gasteiger charge is -2.23. The van der Waals surface area contributed by atoms with Gasteiger partial charge in [0, 0.05) is 17.2 Å². The first-order chi connectivity index (χ1) is 19.9. The Morgan fingerprint density at radius 3 is 2.71 bits per heavy atom. The second-order valence-corrected chi connectivity index (χ2v) is 11.5. The van der Waals surface area contributed by atoms with E-state index in [1.165, 1.54) is 46.4 Å². The van der Waals surface area contributed by atoms with Crippen molar-refractivity contribution in [2.45, 2.75) is 18.7 Å². The van der Waals surface area contributed by atoms with Gasteiger partial charge in [0.2, 0.25) is 11.8 Å². The highest BCUT2D eigenvalue weighted by Crippen LogP contribution is 2.49. The molecule has 0 radical (unpaired) electrons. The number of amides is 2. The van der Waals surface area contributed by atoms with Crippen molar-refractivity contribution in [2.24, 2.45) is 0 Å². The lowest BCUT2D eigenvalue weighted by Crippen LogP contribution is -2.42. The molecular formula is C30H24F2N4O3S2. The number of rotatable bonds is 7. The number of benzene rings is 2. The van der Waals surface area contributed by atoms with E-state index in [2.05, 4.69) is 5.32 Å². The van der Waals surface area contributed by atoms with E-state index in [-0.39, 0.29) is 30.3 Å². The molecule has 7 nitrogen and oxygen atoms in total. The third-order valence-electron chi connectivity index (χ3n) is 6.77. The SMILES string of the molecule is Cc1ccccc1-n1nc(-c2cccs2)c2c1N(CC(=O)NCc1ccco1)C(=O)CSC2c1ccc(F)cc1F. The molecule has 1 atom stereocenters. The quantitative estimate of drug-likeness (QED) is 0.242. The zero-order valence-electron chi connectivity index (χ0n) is 21.8. The average molecular weight is 591 g/mol. The summed E-state index contributed by atoms with van der Waals surface area (Å²) >= 11 is 2.69. The summed E-state index contributed by atoms with van der Waals surface area (Å²) < 4.78 is 36.2. The molecule has 0 saturated heterocycles. The Morgan fingerprint density at radius 1 is 1.12 bits per heavy atom. The normalized spacial score (nSPS) is 15.0. The van der Waals surface area contributed by atoms with Crippen molar-refractivity contribution in [1.82, 2.24) is 15.1 Å². The minimum Gasteiger partial charge on any atom is -0.467 e. The van der Waals surface area contributed by atoms with Crippen LogP contribution < -0.4 is 10.2 Å². The summed E-state index contributed by atoms with van der Waals surface area (Å²) in [4.78, 5) is 29.2. The number of anilines is 1. The van der Waals surface area contributed by atoms with Gasteiger partial charge in [-0.2, -0.15) is 5.10 Å². The van der Waals surface area contributed by atoms with Gasteiger partial charge in [0.1, 0.15) is 35.5 Å². The topological polar surface area (TPSA) is 80.4 Å². The number of thiophene rings is 1. The maximum absolute atomic E-state index is 15.3. The van der Waals surface area contributed by atoms with Crippen LogP contribution in [0.1, 0.15) is 27.7 Å². The van der Waals surface area contributed by atoms with Crippen molar-refractivity contribution in [2.75, 3.05) is 17.2 Å². The molecule has 0 saturated carbocycles. The Kier molecular flexibility index (Phi) is 7.46. The highest BCUT2D eigenvalue weighted by atomic mass is 32.2. The molecule has 1 aliphatic heterocycles. The molecular weight excluding hydrogens is 566 g/mol. The second-order valence-electron chi connectivity index (χ2n) is 9.45. The Morgan fingerprint density at radius 2 is 1.98 bits per heavy atom. The molecule has 5 aromatic rings. The Balaban J connectivity index is 1.55. The molecule has 2 amide bonds. The van der Waals surface area contributed by atoms with Gasteiger partial charge in [-0.1, -0.05) is 30.3 Å². The van der Waals surface area contributed by atoms with Gasteiger partial charge in [-0.25, -0.2) is 13.5 Å². The van der Waals surface area contributed by atoms with E-state index < -0.39 is 22.8 Å². The third kappa shape index (κ3) is 5.30. The van der Waals surface area contributed by atoms with E-state index in [1.807, 2.05) is 48.7 Å². The Hall–Kier alpha value is -4.22. The summed E-state index contributed by atoms with van der Waals surface area (Å²) in [5, 5.41) is 9.01. The minimum absolute atomic E-state index is 0.0285. The van der Waals surface area contributed by atoms with Gasteiger partial charge in [-0.15, -0.1) is 23.1 Å². The smallest absolute Gasteiger partial charge is 0.240 e. The summed E-state index contributed by atoms with van der Waals surface area (Å²) in [5.41, 5.74) is 2.99. The molecule has 1 unspecified atom stereocenters. The maximum atomic E-state index is 15.3. The van der Waals surface area contributed by atoms with Crippen molar-refractivity contribution in [1.29, 1.82) is 0 Å². The summed E-state index contributed by atoms with van der Waals surface area (Å²) in [7, 11) is 0. The van der Waals surface area contributed by atoms with Crippen molar-refractivity contribution in [3.8, 4) is 16.3 Å². The van der Waals surface area contributed by atoms with Crippen LogP contribution in [0.4, 0.5) is 14.6 Å². The van der Waals surface area contributed by atoms with Crippen LogP contribution in [-0.4, -0.2) is 33.9 Å². The number of hydrogen-bond donors (Lipinski definition) is 1. The number of furan rings is 1. The number of para-hydroxylation sites is 1. The Labute approximate surface area is 242 Å². The molecule has 6 rings (SSSR count). The fourth-order valence-electron chi connectivity index (χ4n) is 4.84. The first-order valence-electron chi connectivity index (χ1n) is 12.8. The van der Waals surface area contributed by atoms with Gasteiger partial charge in [-0.05, 0) is 48.2 Å². The summed E-state index contributed by atoms with van der Waals surface area (Å²) in [5.74, 6) is -1.21. The summed E-state index contributed by atoms with van der Waals surface area (Å²) in [6.45, 7) is 1.81. The van der Waals surface area contributed by atoms with Crippen molar-refractivity contribution in [3.05, 3.63) is 112 Å². The van der Waals surface area contributed by atoms with E-state index in [0.717, 1.165) is 16.5 Å². The number of carbonyl (C=O) groups is 2. The molecule has 0 aliphatic carbocycles. The number of aryl methyl sites for hydroxylation is 1. The first kappa shape index (κ1) is 27.0. The van der Waals surface area contributed by atoms with Gasteiger partial charge < -0.3 is 9.73 Å². The zero-order valence-corrected chi connectivity index (χ0v) is 23.5. The molecule has 41 heavy (non-hydrogen) atoms. The number of carbonyl (C=O) groups excluding carboxylic acids is 2. The Bertz CT molecular complexity index is 1720. The predicted octanol–water partition coefficient (Wildman–Crippen LogP) is 6.27. The van der Waals surface area contributed by atoms with Crippen LogP contribution in [0, 0.1) is 18.6 Å². The van der Waals surface area contributed by atoms with Crippen molar-refractivity contribution >= 4 is 40.7 Å². The number of halogens is 2. The highest BCUT2D eigenvalue weighted by molar-refractivity contribution is 8.00. The monoisotopic (exact) mass is 590 g/mol. The largest absolute Gasteiger partial charge is 0.467 e. The second kappa shape index (κ2) is 11.3. The van der Waals surface area contributed by atoms with Gasteiger partial charge >= 0.3 is 0 Å². The van der Waals surface area contributed by atoms with E-state index >= 15 is 4.39 Å². The molecule has 0 spiro atoms. The maximum Gasteiger partial charge on any atom is 0.240 e. The van der Waals surface area contributed by atoms with Gasteiger partial charge in [0.25, 0.3) is 0 Å². The van der Waals surface area contributed by atoms with Crippen LogP contribution >= 0.6 is 23.1 Å². The van der Waals surface area contributed by atoms with Crippen LogP contribution in [0.3, 0.4) is 0 Å². The van der Waals surface area contributed by atoms with Crippen LogP contribution in [-0.2, 0) is 16.1 Å². The molecule has 1 aliphatic rings. The third-order valence-corrected chi connectivity index (χ3v) is 8.89. The fraction of sp³-hybridized carbons (Fsp3) is 0.167. The molecule has 4 heterocycles. The van der Waals surface area contributed by atoms with E-state index in [9.17, 15) is 14.0 Å². The van der Waals surface area contributed by atoms with Crippen LogP contribution in [0.25, 0.3) is 16.3 Å². The van der Waals surface area contributed by atoms with Crippen LogP contribution in [0.5, 0.6) is 0 Å². The molecule has 0 fully saturated rings. The van der Waals surface area contributed by atoms with Crippen LogP contribution in [0.2, 0.25) is 0 Å². The van der Waals surface area contributed by atoms with E-state index in [4.69, 9.17) is 9.52 Å². The number of thioether (sulfide) groups is 1. The van der Waals surface area contributed by atoms with E-state index in [0.29, 0.717) is 28.5 Å². The standard InChI is InChI=1S/C30H24F2N4O3S2/c1-18-6-2-3-8-23(18)36-30-27(28(34-36)24-9-5-13-40-24)29(21-11-10-19(31)14-22(21)32)41-17-26(38)35(30)16-25(37)33-15-20-7-4-12-39-20/h2-14,29H,15-17H2,1H3,(H,33,37). The molecule has 3 aromatic heterocycles. The van der Waals surface area contributed by atoms with Crippen molar-refractivity contribution in [3.63, 3.8) is 0 Å². The van der Waals surface area contributed by atoms with Crippen molar-refractivity contribution < 1.29 is 22.8 Å². The summed E-state index contributed by atoms with van der Waals surface area (Å²) in [6, 6.07) is 18.3. The number of fused-ring (bicyclic) bond motifs is 1. The summed E-state index contributed by atoms with van der Waals surface area (Å²) in [6.07, 6.45) is 1.52. The molecule has 208 valence electrons.